The quantitative estimate of drug-likeness (QED) is 0.160. The van der Waals surface area contributed by atoms with Crippen LogP contribution in [0, 0.1) is 17.8 Å². The first-order chi connectivity index (χ1) is 22.1. The minimum absolute atomic E-state index is 0.00683. The summed E-state index contributed by atoms with van der Waals surface area (Å²) in [6.07, 6.45) is 4.38. The van der Waals surface area contributed by atoms with Crippen molar-refractivity contribution in [3.05, 3.63) is 39.9 Å². The molecule has 4 atom stereocenters. The summed E-state index contributed by atoms with van der Waals surface area (Å²) >= 11 is 0. The van der Waals surface area contributed by atoms with Gasteiger partial charge in [-0.1, -0.05) is 26.7 Å². The molecule has 0 unspecified atom stereocenters. The molecule has 7 N–H and O–H groups in total. The summed E-state index contributed by atoms with van der Waals surface area (Å²) in [5.41, 5.74) is 2.55. The molecule has 1 heterocycles. The Morgan fingerprint density at radius 2 is 1.70 bits per heavy atom. The van der Waals surface area contributed by atoms with Crippen molar-refractivity contribution >= 4 is 34.8 Å². The zero-order chi connectivity index (χ0) is 34.7. The molecular formula is C34H47N5O8. The number of likely N-dealkylation sites (tertiary alicyclic amines) is 1. The number of fused-ring (bicyclic) bond motifs is 3. The van der Waals surface area contributed by atoms with Crippen LogP contribution in [0.25, 0.3) is 0 Å². The number of aliphatic hydroxyl groups is 3. The molecule has 3 aliphatic carbocycles. The molecule has 0 bridgehead atoms. The van der Waals surface area contributed by atoms with Gasteiger partial charge in [0.2, 0.25) is 11.7 Å². The van der Waals surface area contributed by atoms with E-state index in [1.807, 2.05) is 0 Å². The summed E-state index contributed by atoms with van der Waals surface area (Å²) in [5.74, 6) is -7.76. The predicted molar refractivity (Wildman–Crippen MR) is 175 cm³/mol. The number of Topliss-reactive ketones (excluding diaryl/α,β-unsaturated/α-hetero) is 2. The Bertz CT molecular complexity index is 1570. The zero-order valence-corrected chi connectivity index (χ0v) is 28.0. The standard InChI is InChI=1S/C34H47N5O8/c1-7-9-18(10-8-2)39-14-17(15-39)33(46)36-21-13-22(37(3)4)19-11-16-12-20-26(38(5)6)29(42)25(32(35)45)31(44)34(20,47)30(43)23(16)28(41)24(19)27(21)40/h13,16-18,20,26,40,42-43,47H,7-12,14-15H2,1-6H3,(H2,35,45)(H,36,46)/t16-,20-,26-,34-/m0/s1. The number of likely N-dealkylation sites (N-methyl/N-ethyl adjacent to an activating group) is 1. The van der Waals surface area contributed by atoms with Crippen molar-refractivity contribution < 1.29 is 39.6 Å². The Morgan fingerprint density at radius 3 is 2.23 bits per heavy atom. The minimum Gasteiger partial charge on any atom is -0.510 e. The summed E-state index contributed by atoms with van der Waals surface area (Å²) in [7, 11) is 6.71. The van der Waals surface area contributed by atoms with Gasteiger partial charge in [-0.25, -0.2) is 0 Å². The number of primary amides is 1. The summed E-state index contributed by atoms with van der Waals surface area (Å²) in [6, 6.07) is 0.980. The summed E-state index contributed by atoms with van der Waals surface area (Å²) in [6.45, 7) is 5.49. The molecule has 13 heteroatoms. The van der Waals surface area contributed by atoms with Crippen LogP contribution in [0.3, 0.4) is 0 Å². The summed E-state index contributed by atoms with van der Waals surface area (Å²) in [4.78, 5) is 59.0. The number of hydrogen-bond donors (Lipinski definition) is 6. The molecule has 1 fully saturated rings. The van der Waals surface area contributed by atoms with Crippen LogP contribution in [0.15, 0.2) is 28.7 Å². The number of anilines is 2. The maximum atomic E-state index is 14.3. The van der Waals surface area contributed by atoms with Gasteiger partial charge in [0.15, 0.2) is 17.1 Å². The SMILES string of the molecule is CCCC(CCC)N1CC(C(=O)Nc2cc(N(C)C)c3c(c2O)C(=O)C2=C(O)[C@]4(O)C(=O)C(C(N)=O)=C(O)[C@@H](N(C)C)[C@@H]4C[C@@H]2C3)C1. The largest absolute Gasteiger partial charge is 0.510 e. The van der Waals surface area contributed by atoms with Gasteiger partial charge in [-0.2, -0.15) is 0 Å². The lowest BCUT2D eigenvalue weighted by molar-refractivity contribution is -0.148. The van der Waals surface area contributed by atoms with Crippen LogP contribution in [0.5, 0.6) is 5.75 Å². The third-order valence-electron chi connectivity index (χ3n) is 10.5. The van der Waals surface area contributed by atoms with Crippen molar-refractivity contribution in [2.24, 2.45) is 23.5 Å². The lowest BCUT2D eigenvalue weighted by Gasteiger charge is -2.50. The van der Waals surface area contributed by atoms with Gasteiger partial charge in [0.05, 0.1) is 23.2 Å². The molecule has 13 nitrogen and oxygen atoms in total. The molecule has 1 aliphatic heterocycles. The molecule has 0 aromatic heterocycles. The van der Waals surface area contributed by atoms with Crippen LogP contribution in [-0.4, -0.2) is 113 Å². The number of phenols is 1. The molecule has 1 saturated heterocycles. The van der Waals surface area contributed by atoms with E-state index in [2.05, 4.69) is 24.1 Å². The van der Waals surface area contributed by atoms with E-state index < -0.39 is 63.8 Å². The number of nitrogens with zero attached hydrogens (tertiary/aromatic N) is 3. The Labute approximate surface area is 274 Å². The van der Waals surface area contributed by atoms with Crippen LogP contribution in [0.4, 0.5) is 11.4 Å². The third kappa shape index (κ3) is 5.38. The van der Waals surface area contributed by atoms with Gasteiger partial charge in [-0.15, -0.1) is 0 Å². The van der Waals surface area contributed by atoms with Crippen molar-refractivity contribution in [1.29, 1.82) is 0 Å². The van der Waals surface area contributed by atoms with Gasteiger partial charge in [-0.3, -0.25) is 29.0 Å². The molecule has 2 amide bonds. The predicted octanol–water partition coefficient (Wildman–Crippen LogP) is 2.03. The average Bonchev–Trinajstić information content (AvgIpc) is 2.95. The molecule has 1 aromatic rings. The smallest absolute Gasteiger partial charge is 0.255 e. The Kier molecular flexibility index (Phi) is 9.21. The van der Waals surface area contributed by atoms with Crippen LogP contribution >= 0.6 is 0 Å². The van der Waals surface area contributed by atoms with Gasteiger partial charge in [0.1, 0.15) is 17.1 Å². The molecule has 0 radical (unpaired) electrons. The number of amides is 2. The van der Waals surface area contributed by atoms with Crippen molar-refractivity contribution in [1.82, 2.24) is 9.80 Å². The van der Waals surface area contributed by atoms with E-state index in [1.54, 1.807) is 39.2 Å². The second-order valence-corrected chi connectivity index (χ2v) is 13.9. The Morgan fingerprint density at radius 1 is 1.09 bits per heavy atom. The van der Waals surface area contributed by atoms with Crippen LogP contribution in [-0.2, 0) is 20.8 Å². The first-order valence-electron chi connectivity index (χ1n) is 16.4. The summed E-state index contributed by atoms with van der Waals surface area (Å²) < 4.78 is 0. The number of nitrogens with one attached hydrogen (secondary N) is 1. The van der Waals surface area contributed by atoms with Crippen molar-refractivity contribution in [3.8, 4) is 5.75 Å². The summed E-state index contributed by atoms with van der Waals surface area (Å²) in [5, 5.41) is 48.7. The van der Waals surface area contributed by atoms with E-state index >= 15 is 0 Å². The third-order valence-corrected chi connectivity index (χ3v) is 10.5. The maximum Gasteiger partial charge on any atom is 0.255 e. The fourth-order valence-corrected chi connectivity index (χ4v) is 8.18. The highest BCUT2D eigenvalue weighted by Gasteiger charge is 2.63. The number of carbonyl (C=O) groups is 4. The molecule has 5 rings (SSSR count). The fourth-order valence-electron chi connectivity index (χ4n) is 8.18. The number of benzene rings is 1. The minimum atomic E-state index is -2.72. The highest BCUT2D eigenvalue weighted by atomic mass is 16.3. The van der Waals surface area contributed by atoms with Crippen LogP contribution in [0.1, 0.15) is 61.9 Å². The molecule has 0 saturated carbocycles. The molecule has 1 aromatic carbocycles. The fraction of sp³-hybridized carbons (Fsp3) is 0.588. The lowest BCUT2D eigenvalue weighted by atomic mass is 9.58. The first-order valence-corrected chi connectivity index (χ1v) is 16.4. The Balaban J connectivity index is 1.53. The number of hydrogen-bond acceptors (Lipinski definition) is 11. The van der Waals surface area contributed by atoms with E-state index in [1.165, 1.54) is 4.90 Å². The van der Waals surface area contributed by atoms with Crippen LogP contribution < -0.4 is 16.0 Å². The number of aliphatic hydroxyl groups excluding tert-OH is 2. The molecule has 256 valence electrons. The van der Waals surface area contributed by atoms with Gasteiger partial charge in [0, 0.05) is 50.4 Å². The van der Waals surface area contributed by atoms with Crippen molar-refractivity contribution in [2.45, 2.75) is 70.1 Å². The van der Waals surface area contributed by atoms with Crippen LogP contribution in [0.2, 0.25) is 0 Å². The second-order valence-electron chi connectivity index (χ2n) is 13.9. The first kappa shape index (κ1) is 34.4. The topological polar surface area (TPSA) is 197 Å². The van der Waals surface area contributed by atoms with Gasteiger partial charge in [0.25, 0.3) is 5.91 Å². The van der Waals surface area contributed by atoms with Gasteiger partial charge in [-0.05, 0) is 57.3 Å². The molecule has 4 aliphatic rings. The molecule has 47 heavy (non-hydrogen) atoms. The zero-order valence-electron chi connectivity index (χ0n) is 28.0. The van der Waals surface area contributed by atoms with Gasteiger partial charge < -0.3 is 36.4 Å². The number of allylic oxidation sites excluding steroid dienone is 1. The monoisotopic (exact) mass is 653 g/mol. The lowest BCUT2D eigenvalue weighted by Crippen LogP contribution is -2.63. The van der Waals surface area contributed by atoms with E-state index in [-0.39, 0.29) is 41.5 Å². The van der Waals surface area contributed by atoms with Crippen molar-refractivity contribution in [3.63, 3.8) is 0 Å². The number of carbonyl (C=O) groups excluding carboxylic acids is 4. The maximum absolute atomic E-state index is 14.3. The number of aromatic hydroxyl groups is 1. The van der Waals surface area contributed by atoms with Crippen molar-refractivity contribution in [2.75, 3.05) is 51.5 Å². The van der Waals surface area contributed by atoms with E-state index in [0.29, 0.717) is 30.4 Å². The normalized spacial score (nSPS) is 26.3. The van der Waals surface area contributed by atoms with Gasteiger partial charge >= 0.3 is 0 Å². The average molecular weight is 654 g/mol. The van der Waals surface area contributed by atoms with E-state index in [9.17, 15) is 39.6 Å². The number of ketones is 2. The number of nitrogens with two attached hydrogens (primary N) is 1. The molecule has 0 spiro atoms. The molecular weight excluding hydrogens is 606 g/mol. The van der Waals surface area contributed by atoms with E-state index in [0.717, 1.165) is 25.7 Å². The number of rotatable bonds is 10. The second kappa shape index (κ2) is 12.6. The highest BCUT2D eigenvalue weighted by molar-refractivity contribution is 6.25. The highest BCUT2D eigenvalue weighted by Crippen LogP contribution is 2.54. The van der Waals surface area contributed by atoms with E-state index in [4.69, 9.17) is 5.73 Å². The Hall–Kier alpha value is -3.94. The number of phenolic OH excluding ortho intramolecular Hbond substituents is 1.